The standard InChI is InChI=1S/C11H14N2O3/c1-15-8-4-3-5-9(16-2)10(8)13-7-6-12-11(13)14/h3-5H,6-7H2,1-2H3,(H,12,14). The van der Waals surface area contributed by atoms with Gasteiger partial charge in [-0.25, -0.2) is 4.79 Å². The van der Waals surface area contributed by atoms with E-state index in [0.717, 1.165) is 0 Å². The highest BCUT2D eigenvalue weighted by atomic mass is 16.5. The average molecular weight is 222 g/mol. The molecule has 86 valence electrons. The molecule has 1 fully saturated rings. The lowest BCUT2D eigenvalue weighted by atomic mass is 10.2. The molecule has 0 radical (unpaired) electrons. The molecule has 0 bridgehead atoms. The maximum atomic E-state index is 11.6. The summed E-state index contributed by atoms with van der Waals surface area (Å²) in [4.78, 5) is 13.2. The van der Waals surface area contributed by atoms with Crippen molar-refractivity contribution in [3.8, 4) is 11.5 Å². The summed E-state index contributed by atoms with van der Waals surface area (Å²) in [6.45, 7) is 1.26. The summed E-state index contributed by atoms with van der Waals surface area (Å²) in [5, 5.41) is 2.75. The highest BCUT2D eigenvalue weighted by molar-refractivity contribution is 5.97. The number of nitrogens with one attached hydrogen (secondary N) is 1. The van der Waals surface area contributed by atoms with E-state index in [2.05, 4.69) is 5.32 Å². The summed E-state index contributed by atoms with van der Waals surface area (Å²) >= 11 is 0. The fraction of sp³-hybridized carbons (Fsp3) is 0.364. The van der Waals surface area contributed by atoms with Gasteiger partial charge in [0, 0.05) is 13.1 Å². The number of ether oxygens (including phenoxy) is 2. The molecule has 1 aromatic rings. The summed E-state index contributed by atoms with van der Waals surface area (Å²) < 4.78 is 10.5. The number of benzene rings is 1. The van der Waals surface area contributed by atoms with E-state index < -0.39 is 0 Å². The van der Waals surface area contributed by atoms with Crippen LogP contribution in [-0.4, -0.2) is 33.3 Å². The summed E-state index contributed by atoms with van der Waals surface area (Å²) in [7, 11) is 3.15. The zero-order valence-electron chi connectivity index (χ0n) is 9.32. The number of methoxy groups -OCH3 is 2. The summed E-state index contributed by atoms with van der Waals surface area (Å²) in [6.07, 6.45) is 0. The Kier molecular flexibility index (Phi) is 2.85. The lowest BCUT2D eigenvalue weighted by molar-refractivity contribution is 0.251. The summed E-state index contributed by atoms with van der Waals surface area (Å²) in [6, 6.07) is 5.32. The Morgan fingerprint density at radius 3 is 2.31 bits per heavy atom. The maximum Gasteiger partial charge on any atom is 0.322 e. The summed E-state index contributed by atoms with van der Waals surface area (Å²) in [5.41, 5.74) is 0.683. The number of carbonyl (C=O) groups excluding carboxylic acids is 1. The number of nitrogens with zero attached hydrogens (tertiary/aromatic N) is 1. The third-order valence-electron chi connectivity index (χ3n) is 2.53. The van der Waals surface area contributed by atoms with Crippen LogP contribution in [0.5, 0.6) is 11.5 Å². The number of hydrogen-bond acceptors (Lipinski definition) is 3. The molecule has 1 aliphatic rings. The van der Waals surface area contributed by atoms with Gasteiger partial charge in [0.15, 0.2) is 0 Å². The highest BCUT2D eigenvalue weighted by Gasteiger charge is 2.27. The van der Waals surface area contributed by atoms with E-state index in [1.54, 1.807) is 19.1 Å². The predicted molar refractivity (Wildman–Crippen MR) is 60.3 cm³/mol. The van der Waals surface area contributed by atoms with Crippen LogP contribution in [0, 0.1) is 0 Å². The summed E-state index contributed by atoms with van der Waals surface area (Å²) in [5.74, 6) is 1.27. The van der Waals surface area contributed by atoms with Crippen molar-refractivity contribution < 1.29 is 14.3 Å². The molecule has 5 nitrogen and oxygen atoms in total. The first-order valence-corrected chi connectivity index (χ1v) is 5.04. The quantitative estimate of drug-likeness (QED) is 0.837. The Morgan fingerprint density at radius 1 is 1.25 bits per heavy atom. The molecule has 0 unspecified atom stereocenters. The van der Waals surface area contributed by atoms with Gasteiger partial charge < -0.3 is 14.8 Å². The van der Waals surface area contributed by atoms with Crippen molar-refractivity contribution >= 4 is 11.7 Å². The monoisotopic (exact) mass is 222 g/mol. The molecule has 0 spiro atoms. The van der Waals surface area contributed by atoms with E-state index in [9.17, 15) is 4.79 Å². The first-order chi connectivity index (χ1) is 7.77. The number of urea groups is 1. The Hall–Kier alpha value is -1.91. The molecular formula is C11H14N2O3. The van der Waals surface area contributed by atoms with Crippen molar-refractivity contribution in [2.45, 2.75) is 0 Å². The van der Waals surface area contributed by atoms with Crippen LogP contribution < -0.4 is 19.7 Å². The molecule has 0 aromatic heterocycles. The minimum absolute atomic E-state index is 0.122. The van der Waals surface area contributed by atoms with E-state index in [1.165, 1.54) is 0 Å². The van der Waals surface area contributed by atoms with Crippen molar-refractivity contribution in [1.29, 1.82) is 0 Å². The van der Waals surface area contributed by atoms with Crippen LogP contribution >= 0.6 is 0 Å². The van der Waals surface area contributed by atoms with Crippen LogP contribution in [0.1, 0.15) is 0 Å². The minimum Gasteiger partial charge on any atom is -0.494 e. The Bertz CT molecular complexity index is 384. The topological polar surface area (TPSA) is 50.8 Å². The van der Waals surface area contributed by atoms with E-state index in [0.29, 0.717) is 30.3 Å². The minimum atomic E-state index is -0.122. The Morgan fingerprint density at radius 2 is 1.88 bits per heavy atom. The van der Waals surface area contributed by atoms with E-state index in [-0.39, 0.29) is 6.03 Å². The van der Waals surface area contributed by atoms with Crippen molar-refractivity contribution in [2.24, 2.45) is 0 Å². The lowest BCUT2D eigenvalue weighted by Gasteiger charge is -2.20. The van der Waals surface area contributed by atoms with Crippen molar-refractivity contribution in [1.82, 2.24) is 5.32 Å². The van der Waals surface area contributed by atoms with Crippen LogP contribution in [-0.2, 0) is 0 Å². The van der Waals surface area contributed by atoms with Crippen molar-refractivity contribution in [3.63, 3.8) is 0 Å². The smallest absolute Gasteiger partial charge is 0.322 e. The second-order valence-electron chi connectivity index (χ2n) is 3.39. The molecule has 0 aliphatic carbocycles. The molecule has 5 heteroatoms. The van der Waals surface area contributed by atoms with Crippen LogP contribution in [0.4, 0.5) is 10.5 Å². The van der Waals surface area contributed by atoms with Gasteiger partial charge in [0.2, 0.25) is 0 Å². The zero-order chi connectivity index (χ0) is 11.5. The van der Waals surface area contributed by atoms with Gasteiger partial charge in [0.1, 0.15) is 17.2 Å². The maximum absolute atomic E-state index is 11.6. The number of hydrogen-bond donors (Lipinski definition) is 1. The molecular weight excluding hydrogens is 208 g/mol. The number of amides is 2. The van der Waals surface area contributed by atoms with Gasteiger partial charge >= 0.3 is 6.03 Å². The molecule has 16 heavy (non-hydrogen) atoms. The van der Waals surface area contributed by atoms with Gasteiger partial charge in [-0.15, -0.1) is 0 Å². The second-order valence-corrected chi connectivity index (χ2v) is 3.39. The fourth-order valence-electron chi connectivity index (χ4n) is 1.78. The molecule has 0 atom stereocenters. The van der Waals surface area contributed by atoms with Gasteiger partial charge in [0.05, 0.1) is 14.2 Å². The molecule has 1 aliphatic heterocycles. The molecule has 2 rings (SSSR count). The fourth-order valence-corrected chi connectivity index (χ4v) is 1.78. The van der Waals surface area contributed by atoms with Crippen molar-refractivity contribution in [3.05, 3.63) is 18.2 Å². The Balaban J connectivity index is 2.47. The van der Waals surface area contributed by atoms with Gasteiger partial charge in [0.25, 0.3) is 0 Å². The predicted octanol–water partition coefficient (Wildman–Crippen LogP) is 1.23. The van der Waals surface area contributed by atoms with Gasteiger partial charge in [-0.05, 0) is 12.1 Å². The van der Waals surface area contributed by atoms with Crippen LogP contribution in [0.25, 0.3) is 0 Å². The second kappa shape index (κ2) is 4.30. The average Bonchev–Trinajstić information content (AvgIpc) is 2.74. The van der Waals surface area contributed by atoms with Crippen LogP contribution in [0.2, 0.25) is 0 Å². The first kappa shape index (κ1) is 10.6. The molecule has 2 amide bonds. The number of rotatable bonds is 3. The normalized spacial score (nSPS) is 14.9. The first-order valence-electron chi connectivity index (χ1n) is 5.04. The van der Waals surface area contributed by atoms with Crippen LogP contribution in [0.3, 0.4) is 0 Å². The Labute approximate surface area is 93.9 Å². The highest BCUT2D eigenvalue weighted by Crippen LogP contribution is 2.38. The molecule has 1 saturated heterocycles. The van der Waals surface area contributed by atoms with Gasteiger partial charge in [-0.2, -0.15) is 0 Å². The lowest BCUT2D eigenvalue weighted by Crippen LogP contribution is -2.28. The van der Waals surface area contributed by atoms with Crippen LogP contribution in [0.15, 0.2) is 18.2 Å². The van der Waals surface area contributed by atoms with Crippen molar-refractivity contribution in [2.75, 3.05) is 32.2 Å². The van der Waals surface area contributed by atoms with Gasteiger partial charge in [-0.1, -0.05) is 6.07 Å². The molecule has 1 aromatic carbocycles. The van der Waals surface area contributed by atoms with Gasteiger partial charge in [-0.3, -0.25) is 4.90 Å². The molecule has 1 N–H and O–H groups in total. The third kappa shape index (κ3) is 1.64. The molecule has 0 saturated carbocycles. The van der Waals surface area contributed by atoms with E-state index in [4.69, 9.17) is 9.47 Å². The SMILES string of the molecule is COc1cccc(OC)c1N1CCNC1=O. The third-order valence-corrected chi connectivity index (χ3v) is 2.53. The van der Waals surface area contributed by atoms with E-state index >= 15 is 0 Å². The molecule has 1 heterocycles. The zero-order valence-corrected chi connectivity index (χ0v) is 9.32. The number of anilines is 1. The largest absolute Gasteiger partial charge is 0.494 e. The number of para-hydroxylation sites is 1. The van der Waals surface area contributed by atoms with E-state index in [1.807, 2.05) is 18.2 Å². The number of carbonyl (C=O) groups is 1.